The molecule has 0 aromatic heterocycles. The van der Waals surface area contributed by atoms with E-state index >= 15 is 0 Å². The molecule has 154 valence electrons. The summed E-state index contributed by atoms with van der Waals surface area (Å²) >= 11 is 0. The van der Waals surface area contributed by atoms with Gasteiger partial charge in [-0.1, -0.05) is 30.3 Å². The van der Waals surface area contributed by atoms with Crippen LogP contribution in [-0.4, -0.2) is 66.2 Å². The van der Waals surface area contributed by atoms with E-state index in [4.69, 9.17) is 4.99 Å². The number of benzene rings is 1. The molecule has 2 unspecified atom stereocenters. The van der Waals surface area contributed by atoms with E-state index in [1.807, 2.05) is 0 Å². The molecule has 0 amide bonds. The van der Waals surface area contributed by atoms with Crippen molar-refractivity contribution in [1.82, 2.24) is 15.1 Å². The molecule has 5 heteroatoms. The van der Waals surface area contributed by atoms with Crippen molar-refractivity contribution in [2.75, 3.05) is 39.3 Å². The number of aliphatic imine (C=N–C) groups is 1. The van der Waals surface area contributed by atoms with Gasteiger partial charge in [-0.3, -0.25) is 9.89 Å². The van der Waals surface area contributed by atoms with Crippen LogP contribution in [0.5, 0.6) is 0 Å². The monoisotopic (exact) mass is 384 g/mol. The molecule has 1 aliphatic carbocycles. The normalized spacial score (nSPS) is 27.4. The molecule has 2 saturated heterocycles. The summed E-state index contributed by atoms with van der Waals surface area (Å²) < 4.78 is 0. The molecule has 1 aromatic carbocycles. The Balaban J connectivity index is 1.39. The van der Waals surface area contributed by atoms with Crippen LogP contribution < -0.4 is 5.32 Å². The Morgan fingerprint density at radius 1 is 1.21 bits per heavy atom. The van der Waals surface area contributed by atoms with Crippen molar-refractivity contribution >= 4 is 5.96 Å². The highest BCUT2D eigenvalue weighted by Gasteiger charge is 2.42. The number of piperidine rings is 2. The number of aliphatic hydroxyl groups is 1. The topological polar surface area (TPSA) is 51.1 Å². The van der Waals surface area contributed by atoms with Gasteiger partial charge in [0, 0.05) is 37.6 Å². The van der Waals surface area contributed by atoms with Crippen molar-refractivity contribution in [1.29, 1.82) is 0 Å². The van der Waals surface area contributed by atoms with Crippen LogP contribution in [-0.2, 0) is 6.54 Å². The number of nitrogens with one attached hydrogen (secondary N) is 1. The van der Waals surface area contributed by atoms with Crippen LogP contribution in [0.2, 0.25) is 0 Å². The van der Waals surface area contributed by atoms with E-state index in [1.54, 1.807) is 0 Å². The minimum Gasteiger partial charge on any atom is -0.396 e. The summed E-state index contributed by atoms with van der Waals surface area (Å²) in [6.07, 6.45) is 6.07. The molecule has 4 rings (SSSR count). The first-order valence-corrected chi connectivity index (χ1v) is 11.1. The van der Waals surface area contributed by atoms with Crippen LogP contribution >= 0.6 is 0 Å². The lowest BCUT2D eigenvalue weighted by Gasteiger charge is -2.48. The summed E-state index contributed by atoms with van der Waals surface area (Å²) in [6.45, 7) is 8.56. The first-order chi connectivity index (χ1) is 13.7. The molecule has 2 heterocycles. The fourth-order valence-electron chi connectivity index (χ4n) is 4.92. The highest BCUT2D eigenvalue weighted by Crippen LogP contribution is 2.45. The van der Waals surface area contributed by atoms with E-state index in [9.17, 15) is 5.11 Å². The van der Waals surface area contributed by atoms with Crippen molar-refractivity contribution in [2.24, 2.45) is 16.3 Å². The lowest BCUT2D eigenvalue weighted by molar-refractivity contribution is 0.0372. The molecule has 5 nitrogen and oxygen atoms in total. The maximum Gasteiger partial charge on any atom is 0.193 e. The second-order valence-electron chi connectivity index (χ2n) is 8.99. The number of hydrogen-bond donors (Lipinski definition) is 2. The van der Waals surface area contributed by atoms with Crippen molar-refractivity contribution in [3.05, 3.63) is 35.9 Å². The van der Waals surface area contributed by atoms with Gasteiger partial charge in [-0.15, -0.1) is 0 Å². The molecule has 1 saturated carbocycles. The van der Waals surface area contributed by atoms with Gasteiger partial charge in [-0.25, -0.2) is 0 Å². The summed E-state index contributed by atoms with van der Waals surface area (Å²) in [5, 5.41) is 13.1. The molecule has 1 aromatic rings. The van der Waals surface area contributed by atoms with Gasteiger partial charge in [0.15, 0.2) is 5.96 Å². The maximum atomic E-state index is 9.61. The summed E-state index contributed by atoms with van der Waals surface area (Å²) in [4.78, 5) is 10.1. The van der Waals surface area contributed by atoms with Gasteiger partial charge in [0.25, 0.3) is 0 Å². The number of rotatable bonds is 6. The highest BCUT2D eigenvalue weighted by molar-refractivity contribution is 5.80. The highest BCUT2D eigenvalue weighted by atomic mass is 16.3. The number of fused-ring (bicyclic) bond motifs is 1. The summed E-state index contributed by atoms with van der Waals surface area (Å²) in [5.41, 5.74) is 1.51. The van der Waals surface area contributed by atoms with E-state index in [1.165, 1.54) is 31.4 Å². The van der Waals surface area contributed by atoms with E-state index < -0.39 is 0 Å². The number of guanidine groups is 1. The molecule has 0 radical (unpaired) electrons. The summed E-state index contributed by atoms with van der Waals surface area (Å²) in [7, 11) is 0. The van der Waals surface area contributed by atoms with Gasteiger partial charge in [-0.05, 0) is 57.1 Å². The average molecular weight is 385 g/mol. The zero-order valence-electron chi connectivity index (χ0n) is 17.3. The predicted octanol–water partition coefficient (Wildman–Crippen LogP) is 2.71. The van der Waals surface area contributed by atoms with Crippen LogP contribution in [0.25, 0.3) is 0 Å². The Morgan fingerprint density at radius 3 is 2.75 bits per heavy atom. The van der Waals surface area contributed by atoms with Crippen molar-refractivity contribution in [2.45, 2.75) is 51.6 Å². The maximum absolute atomic E-state index is 9.61. The molecule has 28 heavy (non-hydrogen) atoms. The van der Waals surface area contributed by atoms with E-state index in [0.29, 0.717) is 6.04 Å². The van der Waals surface area contributed by atoms with Crippen molar-refractivity contribution < 1.29 is 5.11 Å². The van der Waals surface area contributed by atoms with E-state index in [0.717, 1.165) is 57.4 Å². The minimum absolute atomic E-state index is 0.0797. The molecular formula is C23H36N4O. The fraction of sp³-hybridized carbons (Fsp3) is 0.696. The van der Waals surface area contributed by atoms with E-state index in [-0.39, 0.29) is 12.0 Å². The minimum atomic E-state index is 0.0797. The lowest BCUT2D eigenvalue weighted by Crippen LogP contribution is -2.56. The van der Waals surface area contributed by atoms with Crippen molar-refractivity contribution in [3.8, 4) is 0 Å². The Bertz CT molecular complexity index is 658. The number of likely N-dealkylation sites (tertiary alicyclic amines) is 2. The molecular weight excluding hydrogens is 348 g/mol. The molecule has 3 aliphatic rings. The van der Waals surface area contributed by atoms with Crippen LogP contribution in [0.1, 0.15) is 44.6 Å². The van der Waals surface area contributed by atoms with Crippen LogP contribution in [0.3, 0.4) is 0 Å². The predicted molar refractivity (Wildman–Crippen MR) is 114 cm³/mol. The Morgan fingerprint density at radius 2 is 2.04 bits per heavy atom. The fourth-order valence-corrected chi connectivity index (χ4v) is 4.92. The quantitative estimate of drug-likeness (QED) is 0.585. The molecule has 2 aliphatic heterocycles. The zero-order valence-corrected chi connectivity index (χ0v) is 17.3. The van der Waals surface area contributed by atoms with Gasteiger partial charge >= 0.3 is 0 Å². The van der Waals surface area contributed by atoms with Crippen molar-refractivity contribution in [3.63, 3.8) is 0 Å². The SMILES string of the molecule is CCNC(=NCC1(CO)CC1)N1CCC2C(CCCN2Cc2ccccc2)C1. The molecule has 2 atom stereocenters. The average Bonchev–Trinajstić information content (AvgIpc) is 3.52. The Labute approximate surface area is 169 Å². The van der Waals surface area contributed by atoms with Gasteiger partial charge < -0.3 is 15.3 Å². The molecule has 2 N–H and O–H groups in total. The van der Waals surface area contributed by atoms with Crippen LogP contribution in [0.4, 0.5) is 0 Å². The molecule has 0 bridgehead atoms. The molecule has 3 fully saturated rings. The zero-order chi connectivity index (χ0) is 19.4. The first-order valence-electron chi connectivity index (χ1n) is 11.1. The number of aliphatic hydroxyl groups excluding tert-OH is 1. The van der Waals surface area contributed by atoms with E-state index in [2.05, 4.69) is 52.4 Å². The molecule has 0 spiro atoms. The second-order valence-corrected chi connectivity index (χ2v) is 8.99. The van der Waals surface area contributed by atoms with Gasteiger partial charge in [0.05, 0.1) is 13.2 Å². The number of nitrogens with zero attached hydrogens (tertiary/aromatic N) is 3. The smallest absolute Gasteiger partial charge is 0.193 e. The lowest BCUT2D eigenvalue weighted by atomic mass is 9.83. The third kappa shape index (κ3) is 4.52. The number of hydrogen-bond acceptors (Lipinski definition) is 3. The van der Waals surface area contributed by atoms with Crippen LogP contribution in [0.15, 0.2) is 35.3 Å². The van der Waals surface area contributed by atoms with Crippen LogP contribution in [0, 0.1) is 11.3 Å². The third-order valence-corrected chi connectivity index (χ3v) is 6.90. The second kappa shape index (κ2) is 8.83. The van der Waals surface area contributed by atoms with Gasteiger partial charge in [0.2, 0.25) is 0 Å². The summed E-state index contributed by atoms with van der Waals surface area (Å²) in [6, 6.07) is 11.6. The standard InChI is InChI=1S/C23H36N4O/c1-2-24-22(25-17-23(18-28)11-12-23)27-14-10-21-20(16-27)9-6-13-26(21)15-19-7-4-3-5-8-19/h3-5,7-8,20-21,28H,2,6,9-18H2,1H3,(H,24,25). The van der Waals surface area contributed by atoms with Gasteiger partial charge in [-0.2, -0.15) is 0 Å². The first kappa shape index (κ1) is 19.7. The Kier molecular flexibility index (Phi) is 6.22. The largest absolute Gasteiger partial charge is 0.396 e. The Hall–Kier alpha value is -1.59. The van der Waals surface area contributed by atoms with Gasteiger partial charge in [0.1, 0.15) is 0 Å². The third-order valence-electron chi connectivity index (χ3n) is 6.90. The summed E-state index contributed by atoms with van der Waals surface area (Å²) in [5.74, 6) is 1.78.